The van der Waals surface area contributed by atoms with Crippen LogP contribution in [0, 0.1) is 6.92 Å². The lowest BCUT2D eigenvalue weighted by Crippen LogP contribution is -2.32. The summed E-state index contributed by atoms with van der Waals surface area (Å²) >= 11 is 6.24. The number of aromatic nitrogens is 1. The summed E-state index contributed by atoms with van der Waals surface area (Å²) in [6.07, 6.45) is 1.17. The Kier molecular flexibility index (Phi) is 5.03. The molecule has 3 aromatic rings. The topological polar surface area (TPSA) is 63.7 Å². The van der Waals surface area contributed by atoms with Gasteiger partial charge in [0.25, 0.3) is 5.91 Å². The SMILES string of the molecule is COc1cccc(N2C(=O)c3cccnc3[C@H]2Nc2cc(C)c(Cl)cc2OC)c1. The van der Waals surface area contributed by atoms with Gasteiger partial charge < -0.3 is 14.8 Å². The van der Waals surface area contributed by atoms with Crippen molar-refractivity contribution in [3.8, 4) is 11.5 Å². The van der Waals surface area contributed by atoms with Crippen LogP contribution in [-0.4, -0.2) is 25.1 Å². The van der Waals surface area contributed by atoms with E-state index in [4.69, 9.17) is 21.1 Å². The predicted molar refractivity (Wildman–Crippen MR) is 113 cm³/mol. The average Bonchev–Trinajstić information content (AvgIpc) is 3.02. The fourth-order valence-corrected chi connectivity index (χ4v) is 3.59. The molecule has 0 bridgehead atoms. The molecule has 1 aromatic heterocycles. The number of pyridine rings is 1. The number of ether oxygens (including phenoxy) is 2. The summed E-state index contributed by atoms with van der Waals surface area (Å²) in [6.45, 7) is 1.92. The second kappa shape index (κ2) is 7.64. The van der Waals surface area contributed by atoms with Crippen LogP contribution in [0.25, 0.3) is 0 Å². The second-order valence-corrected chi connectivity index (χ2v) is 7.07. The van der Waals surface area contributed by atoms with Crippen molar-refractivity contribution in [3.63, 3.8) is 0 Å². The summed E-state index contributed by atoms with van der Waals surface area (Å²) in [4.78, 5) is 19.4. The number of carbonyl (C=O) groups excluding carboxylic acids is 1. The molecule has 0 unspecified atom stereocenters. The number of carbonyl (C=O) groups is 1. The zero-order valence-corrected chi connectivity index (χ0v) is 17.0. The van der Waals surface area contributed by atoms with Crippen molar-refractivity contribution in [3.05, 3.63) is 76.6 Å². The summed E-state index contributed by atoms with van der Waals surface area (Å²) in [5.41, 5.74) is 3.52. The van der Waals surface area contributed by atoms with E-state index in [2.05, 4.69) is 10.3 Å². The fraction of sp³-hybridized carbons (Fsp3) is 0.182. The van der Waals surface area contributed by atoms with Gasteiger partial charge in [-0.05, 0) is 42.8 Å². The number of anilines is 2. The highest BCUT2D eigenvalue weighted by Gasteiger charge is 2.39. The number of aryl methyl sites for hydroxylation is 1. The first-order chi connectivity index (χ1) is 14.0. The molecule has 2 aromatic carbocycles. The molecule has 1 aliphatic heterocycles. The number of benzene rings is 2. The number of amides is 1. The lowest BCUT2D eigenvalue weighted by molar-refractivity contribution is 0.0993. The van der Waals surface area contributed by atoms with Crippen LogP contribution < -0.4 is 19.7 Å². The second-order valence-electron chi connectivity index (χ2n) is 6.66. The van der Waals surface area contributed by atoms with Gasteiger partial charge in [0.15, 0.2) is 6.17 Å². The van der Waals surface area contributed by atoms with Crippen LogP contribution in [0.15, 0.2) is 54.7 Å². The van der Waals surface area contributed by atoms with E-state index in [-0.39, 0.29) is 5.91 Å². The molecule has 6 nitrogen and oxygen atoms in total. The molecule has 0 radical (unpaired) electrons. The molecule has 2 heterocycles. The molecule has 1 amide bonds. The first kappa shape index (κ1) is 19.1. The third kappa shape index (κ3) is 3.36. The maximum absolute atomic E-state index is 13.2. The van der Waals surface area contributed by atoms with Crippen LogP contribution >= 0.6 is 11.6 Å². The van der Waals surface area contributed by atoms with E-state index in [0.717, 1.165) is 11.3 Å². The van der Waals surface area contributed by atoms with Crippen LogP contribution in [0.2, 0.25) is 5.02 Å². The summed E-state index contributed by atoms with van der Waals surface area (Å²) in [6, 6.07) is 14.6. The van der Waals surface area contributed by atoms with Crippen molar-refractivity contribution in [2.75, 3.05) is 24.4 Å². The maximum Gasteiger partial charge on any atom is 0.262 e. The first-order valence-electron chi connectivity index (χ1n) is 9.06. The van der Waals surface area contributed by atoms with Gasteiger partial charge in [0, 0.05) is 23.4 Å². The number of nitrogens with zero attached hydrogens (tertiary/aromatic N) is 2. The smallest absolute Gasteiger partial charge is 0.262 e. The first-order valence-corrected chi connectivity index (χ1v) is 9.44. The van der Waals surface area contributed by atoms with E-state index in [1.54, 1.807) is 43.5 Å². The average molecular weight is 410 g/mol. The maximum atomic E-state index is 13.2. The van der Waals surface area contributed by atoms with Crippen molar-refractivity contribution in [1.82, 2.24) is 4.98 Å². The Morgan fingerprint density at radius 1 is 1.10 bits per heavy atom. The minimum atomic E-state index is -0.514. The van der Waals surface area contributed by atoms with Gasteiger partial charge in [-0.3, -0.25) is 14.7 Å². The van der Waals surface area contributed by atoms with Crippen molar-refractivity contribution < 1.29 is 14.3 Å². The standard InChI is InChI=1S/C22H20ClN3O3/c1-13-10-18(19(29-3)12-17(13)23)25-21-20-16(8-5-9-24-20)22(27)26(21)14-6-4-7-15(11-14)28-2/h4-12,21,25H,1-3H3/t21-/m0/s1. The molecule has 148 valence electrons. The fourth-order valence-electron chi connectivity index (χ4n) is 3.44. The number of rotatable bonds is 5. The number of halogens is 1. The monoisotopic (exact) mass is 409 g/mol. The van der Waals surface area contributed by atoms with Crippen molar-refractivity contribution in [2.24, 2.45) is 0 Å². The van der Waals surface area contributed by atoms with Gasteiger partial charge in [-0.25, -0.2) is 0 Å². The van der Waals surface area contributed by atoms with Gasteiger partial charge >= 0.3 is 0 Å². The predicted octanol–water partition coefficient (Wildman–Crippen LogP) is 4.83. The van der Waals surface area contributed by atoms with E-state index in [9.17, 15) is 4.79 Å². The molecule has 1 N–H and O–H groups in total. The van der Waals surface area contributed by atoms with Crippen LogP contribution in [0.4, 0.5) is 11.4 Å². The largest absolute Gasteiger partial charge is 0.497 e. The number of nitrogens with one attached hydrogen (secondary N) is 1. The minimum Gasteiger partial charge on any atom is -0.497 e. The molecule has 0 aliphatic carbocycles. The van der Waals surface area contributed by atoms with E-state index >= 15 is 0 Å². The Morgan fingerprint density at radius 3 is 2.69 bits per heavy atom. The van der Waals surface area contributed by atoms with E-state index in [1.165, 1.54) is 0 Å². The lowest BCUT2D eigenvalue weighted by atomic mass is 10.1. The van der Waals surface area contributed by atoms with E-state index < -0.39 is 6.17 Å². The normalized spacial score (nSPS) is 15.2. The van der Waals surface area contributed by atoms with Crippen LogP contribution in [0.5, 0.6) is 11.5 Å². The summed E-state index contributed by atoms with van der Waals surface area (Å²) < 4.78 is 10.8. The zero-order chi connectivity index (χ0) is 20.5. The van der Waals surface area contributed by atoms with Gasteiger partial charge in [0.05, 0.1) is 36.9 Å². The summed E-state index contributed by atoms with van der Waals surface area (Å²) in [5.74, 6) is 1.12. The molecule has 0 saturated carbocycles. The van der Waals surface area contributed by atoms with E-state index in [0.29, 0.717) is 33.5 Å². The summed E-state index contributed by atoms with van der Waals surface area (Å²) in [7, 11) is 3.18. The Morgan fingerprint density at radius 2 is 1.93 bits per heavy atom. The molecule has 0 spiro atoms. The van der Waals surface area contributed by atoms with Crippen molar-refractivity contribution >= 4 is 28.9 Å². The minimum absolute atomic E-state index is 0.136. The highest BCUT2D eigenvalue weighted by atomic mass is 35.5. The van der Waals surface area contributed by atoms with Crippen LogP contribution in [0.1, 0.15) is 27.8 Å². The van der Waals surface area contributed by atoms with E-state index in [1.807, 2.05) is 37.3 Å². The molecular weight excluding hydrogens is 390 g/mol. The van der Waals surface area contributed by atoms with Crippen LogP contribution in [0.3, 0.4) is 0 Å². The van der Waals surface area contributed by atoms with Crippen LogP contribution in [-0.2, 0) is 0 Å². The third-order valence-corrected chi connectivity index (χ3v) is 5.32. The molecule has 1 aliphatic rings. The Hall–Kier alpha value is -3.25. The number of fused-ring (bicyclic) bond motifs is 1. The highest BCUT2D eigenvalue weighted by molar-refractivity contribution is 6.31. The van der Waals surface area contributed by atoms with Gasteiger partial charge in [0.2, 0.25) is 0 Å². The molecule has 0 saturated heterocycles. The molecule has 4 rings (SSSR count). The lowest BCUT2D eigenvalue weighted by Gasteiger charge is -2.27. The van der Waals surface area contributed by atoms with Crippen molar-refractivity contribution in [2.45, 2.75) is 13.1 Å². The molecule has 1 atom stereocenters. The molecular formula is C22H20ClN3O3. The number of hydrogen-bond donors (Lipinski definition) is 1. The number of methoxy groups -OCH3 is 2. The Bertz CT molecular complexity index is 1090. The summed E-state index contributed by atoms with van der Waals surface area (Å²) in [5, 5.41) is 4.03. The van der Waals surface area contributed by atoms with Gasteiger partial charge in [0.1, 0.15) is 11.5 Å². The highest BCUT2D eigenvalue weighted by Crippen LogP contribution is 2.40. The quantitative estimate of drug-likeness (QED) is 0.653. The molecule has 0 fully saturated rings. The molecule has 7 heteroatoms. The van der Waals surface area contributed by atoms with Gasteiger partial charge in [-0.15, -0.1) is 0 Å². The van der Waals surface area contributed by atoms with Crippen molar-refractivity contribution in [1.29, 1.82) is 0 Å². The zero-order valence-electron chi connectivity index (χ0n) is 16.3. The Balaban J connectivity index is 1.82. The Labute approximate surface area is 174 Å². The number of hydrogen-bond acceptors (Lipinski definition) is 5. The third-order valence-electron chi connectivity index (χ3n) is 4.91. The van der Waals surface area contributed by atoms with Gasteiger partial charge in [-0.1, -0.05) is 17.7 Å². The molecule has 29 heavy (non-hydrogen) atoms. The van der Waals surface area contributed by atoms with Gasteiger partial charge in [-0.2, -0.15) is 0 Å².